The van der Waals surface area contributed by atoms with Crippen LogP contribution in [0.15, 0.2) is 53.5 Å². The van der Waals surface area contributed by atoms with Crippen LogP contribution in [0.1, 0.15) is 43.2 Å². The van der Waals surface area contributed by atoms with Gasteiger partial charge in [0, 0.05) is 25.2 Å². The first-order valence-electron chi connectivity index (χ1n) is 8.89. The average Bonchev–Trinajstić information content (AvgIpc) is 2.63. The van der Waals surface area contributed by atoms with Crippen molar-refractivity contribution in [3.63, 3.8) is 0 Å². The molecule has 2 aromatic rings. The molecule has 0 fully saturated rings. The van der Waals surface area contributed by atoms with Crippen LogP contribution in [0, 0.1) is 0 Å². The number of pyridine rings is 1. The number of aromatic nitrogens is 1. The smallest absolute Gasteiger partial charge is 0.250 e. The molecule has 0 spiro atoms. The van der Waals surface area contributed by atoms with Gasteiger partial charge in [-0.25, -0.2) is 0 Å². The molecule has 0 radical (unpaired) electrons. The van der Waals surface area contributed by atoms with Gasteiger partial charge in [0.15, 0.2) is 0 Å². The predicted octanol–water partition coefficient (Wildman–Crippen LogP) is 2.42. The standard InChI is InChI=1S/C20H27N3O2/c21-13-5-2-1-3-7-19(24)22-15-17-9-11-18(12-10-17)16-23-14-6-4-8-20(23)25/h4,6,8-12,14H,1-3,5,7,13,15-16,21H2,(H,22,24). The van der Waals surface area contributed by atoms with Gasteiger partial charge in [0.1, 0.15) is 0 Å². The van der Waals surface area contributed by atoms with Crippen LogP contribution in [0.4, 0.5) is 0 Å². The SMILES string of the molecule is NCCCCCCC(=O)NCc1ccc(Cn2ccccc2=O)cc1. The molecule has 1 heterocycles. The lowest BCUT2D eigenvalue weighted by atomic mass is 10.1. The number of benzene rings is 1. The van der Waals surface area contributed by atoms with Crippen LogP contribution >= 0.6 is 0 Å². The first-order chi connectivity index (χ1) is 12.2. The van der Waals surface area contributed by atoms with Gasteiger partial charge in [-0.1, -0.05) is 43.2 Å². The van der Waals surface area contributed by atoms with Crippen LogP contribution in [0.3, 0.4) is 0 Å². The first-order valence-corrected chi connectivity index (χ1v) is 8.89. The number of nitrogens with zero attached hydrogens (tertiary/aromatic N) is 1. The molecule has 0 saturated heterocycles. The van der Waals surface area contributed by atoms with E-state index in [-0.39, 0.29) is 11.5 Å². The summed E-state index contributed by atoms with van der Waals surface area (Å²) in [6, 6.07) is 13.1. The Kier molecular flexibility index (Phi) is 7.92. The average molecular weight is 341 g/mol. The van der Waals surface area contributed by atoms with Gasteiger partial charge in [-0.15, -0.1) is 0 Å². The second kappa shape index (κ2) is 10.5. The maximum atomic E-state index is 11.8. The molecule has 1 amide bonds. The van der Waals surface area contributed by atoms with Crippen molar-refractivity contribution in [2.75, 3.05) is 6.54 Å². The van der Waals surface area contributed by atoms with E-state index in [1.807, 2.05) is 30.3 Å². The number of amides is 1. The second-order valence-electron chi connectivity index (χ2n) is 6.21. The Hall–Kier alpha value is -2.40. The molecule has 0 atom stereocenters. The zero-order chi connectivity index (χ0) is 17.9. The number of rotatable bonds is 10. The van der Waals surface area contributed by atoms with Gasteiger partial charge in [-0.05, 0) is 36.6 Å². The molecule has 3 N–H and O–H groups in total. The van der Waals surface area contributed by atoms with Gasteiger partial charge in [0.25, 0.3) is 5.56 Å². The second-order valence-corrected chi connectivity index (χ2v) is 6.21. The number of hydrogen-bond donors (Lipinski definition) is 2. The summed E-state index contributed by atoms with van der Waals surface area (Å²) in [5.41, 5.74) is 7.55. The lowest BCUT2D eigenvalue weighted by Crippen LogP contribution is -2.22. The molecular weight excluding hydrogens is 314 g/mol. The summed E-state index contributed by atoms with van der Waals surface area (Å²) in [4.78, 5) is 23.5. The molecule has 1 aromatic carbocycles. The van der Waals surface area contributed by atoms with Crippen molar-refractivity contribution in [3.05, 3.63) is 70.1 Å². The molecule has 134 valence electrons. The fourth-order valence-electron chi connectivity index (χ4n) is 2.62. The first kappa shape index (κ1) is 18.9. The minimum absolute atomic E-state index is 0.00898. The maximum absolute atomic E-state index is 11.8. The topological polar surface area (TPSA) is 77.1 Å². The van der Waals surface area contributed by atoms with Gasteiger partial charge in [-0.2, -0.15) is 0 Å². The van der Waals surface area contributed by atoms with E-state index in [2.05, 4.69) is 5.32 Å². The Bertz CT molecular complexity index is 707. The van der Waals surface area contributed by atoms with E-state index < -0.39 is 0 Å². The fraction of sp³-hybridized carbons (Fsp3) is 0.400. The Morgan fingerprint density at radius 3 is 2.40 bits per heavy atom. The monoisotopic (exact) mass is 341 g/mol. The molecule has 0 bridgehead atoms. The molecule has 0 unspecified atom stereocenters. The van der Waals surface area contributed by atoms with E-state index in [0.717, 1.165) is 43.4 Å². The highest BCUT2D eigenvalue weighted by Gasteiger charge is 2.02. The van der Waals surface area contributed by atoms with Crippen LogP contribution in [0.5, 0.6) is 0 Å². The third-order valence-electron chi connectivity index (χ3n) is 4.12. The number of nitrogens with one attached hydrogen (secondary N) is 1. The minimum Gasteiger partial charge on any atom is -0.352 e. The largest absolute Gasteiger partial charge is 0.352 e. The molecule has 0 aliphatic rings. The van der Waals surface area contributed by atoms with Crippen molar-refractivity contribution in [2.24, 2.45) is 5.73 Å². The lowest BCUT2D eigenvalue weighted by molar-refractivity contribution is -0.121. The quantitative estimate of drug-likeness (QED) is 0.652. The molecule has 2 rings (SSSR count). The molecule has 0 aliphatic heterocycles. The maximum Gasteiger partial charge on any atom is 0.250 e. The van der Waals surface area contributed by atoms with E-state index in [1.165, 1.54) is 0 Å². The van der Waals surface area contributed by atoms with Gasteiger partial charge in [0.2, 0.25) is 5.91 Å². The summed E-state index contributed by atoms with van der Waals surface area (Å²) in [6.07, 6.45) is 6.44. The Balaban J connectivity index is 1.74. The number of carbonyl (C=O) groups excluding carboxylic acids is 1. The molecule has 0 aliphatic carbocycles. The third-order valence-corrected chi connectivity index (χ3v) is 4.12. The number of carbonyl (C=O) groups is 1. The van der Waals surface area contributed by atoms with E-state index in [0.29, 0.717) is 19.5 Å². The van der Waals surface area contributed by atoms with Crippen LogP contribution in [-0.4, -0.2) is 17.0 Å². The number of nitrogens with two attached hydrogens (primary N) is 1. The molecule has 1 aromatic heterocycles. The van der Waals surface area contributed by atoms with E-state index >= 15 is 0 Å². The zero-order valence-electron chi connectivity index (χ0n) is 14.6. The summed E-state index contributed by atoms with van der Waals surface area (Å²) >= 11 is 0. The van der Waals surface area contributed by atoms with Gasteiger partial charge in [0.05, 0.1) is 6.54 Å². The summed E-state index contributed by atoms with van der Waals surface area (Å²) in [5.74, 6) is 0.0904. The molecule has 5 heteroatoms. The van der Waals surface area contributed by atoms with Crippen molar-refractivity contribution in [2.45, 2.75) is 45.2 Å². The summed E-state index contributed by atoms with van der Waals surface area (Å²) < 4.78 is 1.67. The lowest BCUT2D eigenvalue weighted by Gasteiger charge is -2.08. The molecule has 0 saturated carbocycles. The number of hydrogen-bond acceptors (Lipinski definition) is 3. The zero-order valence-corrected chi connectivity index (χ0v) is 14.6. The summed E-state index contributed by atoms with van der Waals surface area (Å²) in [6.45, 7) is 1.81. The number of unbranched alkanes of at least 4 members (excludes halogenated alkanes) is 3. The molecule has 25 heavy (non-hydrogen) atoms. The van der Waals surface area contributed by atoms with Crippen molar-refractivity contribution in [3.8, 4) is 0 Å². The van der Waals surface area contributed by atoms with Crippen LogP contribution in [0.25, 0.3) is 0 Å². The molecular formula is C20H27N3O2. The normalized spacial score (nSPS) is 10.6. The highest BCUT2D eigenvalue weighted by atomic mass is 16.1. The Labute approximate surface area is 148 Å². The fourth-order valence-corrected chi connectivity index (χ4v) is 2.62. The Morgan fingerprint density at radius 1 is 0.960 bits per heavy atom. The highest BCUT2D eigenvalue weighted by Crippen LogP contribution is 2.06. The summed E-state index contributed by atoms with van der Waals surface area (Å²) in [5, 5.41) is 2.95. The van der Waals surface area contributed by atoms with Gasteiger partial charge < -0.3 is 15.6 Å². The highest BCUT2D eigenvalue weighted by molar-refractivity contribution is 5.75. The van der Waals surface area contributed by atoms with Crippen LogP contribution < -0.4 is 16.6 Å². The van der Waals surface area contributed by atoms with E-state index in [1.54, 1.807) is 22.9 Å². The van der Waals surface area contributed by atoms with Crippen molar-refractivity contribution < 1.29 is 4.79 Å². The van der Waals surface area contributed by atoms with Gasteiger partial charge in [-0.3, -0.25) is 9.59 Å². The van der Waals surface area contributed by atoms with Crippen molar-refractivity contribution in [1.82, 2.24) is 9.88 Å². The van der Waals surface area contributed by atoms with Crippen molar-refractivity contribution >= 4 is 5.91 Å². The predicted molar refractivity (Wildman–Crippen MR) is 100 cm³/mol. The molecule has 5 nitrogen and oxygen atoms in total. The van der Waals surface area contributed by atoms with Crippen molar-refractivity contribution in [1.29, 1.82) is 0 Å². The summed E-state index contributed by atoms with van der Waals surface area (Å²) in [7, 11) is 0. The van der Waals surface area contributed by atoms with Gasteiger partial charge >= 0.3 is 0 Å². The Morgan fingerprint density at radius 2 is 1.68 bits per heavy atom. The third kappa shape index (κ3) is 6.93. The van der Waals surface area contributed by atoms with E-state index in [4.69, 9.17) is 5.73 Å². The van der Waals surface area contributed by atoms with E-state index in [9.17, 15) is 9.59 Å². The van der Waals surface area contributed by atoms with Crippen LogP contribution in [0.2, 0.25) is 0 Å². The minimum atomic E-state index is -0.00898. The van der Waals surface area contributed by atoms with Crippen LogP contribution in [-0.2, 0) is 17.9 Å².